The summed E-state index contributed by atoms with van der Waals surface area (Å²) < 4.78 is 2.04. The lowest BCUT2D eigenvalue weighted by atomic mass is 9.86. The summed E-state index contributed by atoms with van der Waals surface area (Å²) >= 11 is 0. The molecule has 0 atom stereocenters. The lowest BCUT2D eigenvalue weighted by Crippen LogP contribution is -2.10. The van der Waals surface area contributed by atoms with Crippen molar-refractivity contribution in [3.63, 3.8) is 0 Å². The van der Waals surface area contributed by atoms with E-state index in [1.54, 1.807) is 6.08 Å². The first kappa shape index (κ1) is 14.4. The second-order valence-electron chi connectivity index (χ2n) is 6.22. The standard InChI is InChI=1S/C17H21NO2/c1-11-13-10-12(17(2,3)4)6-7-15(13)18(5)14(11)8-9-16(19)20/h6-10H,1-5H3,(H,19,20)/b9-8+. The van der Waals surface area contributed by atoms with Gasteiger partial charge in [-0.05, 0) is 41.7 Å². The predicted octanol–water partition coefficient (Wildman–Crippen LogP) is 3.88. The molecule has 0 aliphatic heterocycles. The first-order valence-corrected chi connectivity index (χ1v) is 6.72. The number of rotatable bonds is 2. The summed E-state index contributed by atoms with van der Waals surface area (Å²) in [5.74, 6) is -0.926. The number of nitrogens with zero attached hydrogens (tertiary/aromatic N) is 1. The summed E-state index contributed by atoms with van der Waals surface area (Å²) in [7, 11) is 1.97. The summed E-state index contributed by atoms with van der Waals surface area (Å²) in [5, 5.41) is 9.97. The monoisotopic (exact) mass is 271 g/mol. The summed E-state index contributed by atoms with van der Waals surface area (Å²) in [5.41, 5.74) is 4.57. The van der Waals surface area contributed by atoms with Crippen LogP contribution < -0.4 is 0 Å². The van der Waals surface area contributed by atoms with Gasteiger partial charge in [0.1, 0.15) is 0 Å². The molecule has 3 heteroatoms. The first-order chi connectivity index (χ1) is 9.21. The number of hydrogen-bond acceptors (Lipinski definition) is 1. The molecule has 0 fully saturated rings. The molecule has 2 rings (SSSR count). The summed E-state index contributed by atoms with van der Waals surface area (Å²) in [6.45, 7) is 8.61. The third kappa shape index (κ3) is 2.48. The molecule has 0 amide bonds. The van der Waals surface area contributed by atoms with Crippen molar-refractivity contribution >= 4 is 22.9 Å². The Balaban J connectivity index is 2.67. The van der Waals surface area contributed by atoms with E-state index >= 15 is 0 Å². The number of aliphatic carboxylic acids is 1. The van der Waals surface area contributed by atoms with Gasteiger partial charge in [-0.1, -0.05) is 26.8 Å². The molecule has 0 unspecified atom stereocenters. The molecule has 0 saturated carbocycles. The van der Waals surface area contributed by atoms with Gasteiger partial charge in [0.05, 0.1) is 0 Å². The van der Waals surface area contributed by atoms with Gasteiger partial charge in [0.15, 0.2) is 0 Å². The van der Waals surface area contributed by atoms with Crippen molar-refractivity contribution in [1.82, 2.24) is 4.57 Å². The van der Waals surface area contributed by atoms with Crippen molar-refractivity contribution < 1.29 is 9.90 Å². The Hall–Kier alpha value is -2.03. The molecule has 0 radical (unpaired) electrons. The lowest BCUT2D eigenvalue weighted by molar-refractivity contribution is -0.131. The fourth-order valence-corrected chi connectivity index (χ4v) is 2.50. The second kappa shape index (κ2) is 4.82. The van der Waals surface area contributed by atoms with Crippen LogP contribution >= 0.6 is 0 Å². The molecular formula is C17H21NO2. The van der Waals surface area contributed by atoms with Crippen molar-refractivity contribution in [3.05, 3.63) is 41.1 Å². The zero-order valence-corrected chi connectivity index (χ0v) is 12.7. The van der Waals surface area contributed by atoms with Crippen LogP contribution in [-0.2, 0) is 17.3 Å². The van der Waals surface area contributed by atoms with Crippen molar-refractivity contribution in [2.45, 2.75) is 33.1 Å². The molecule has 0 saturated heterocycles. The van der Waals surface area contributed by atoms with Crippen LogP contribution in [0.5, 0.6) is 0 Å². The van der Waals surface area contributed by atoms with E-state index in [0.29, 0.717) is 0 Å². The van der Waals surface area contributed by atoms with E-state index in [1.165, 1.54) is 17.0 Å². The van der Waals surface area contributed by atoms with Gasteiger partial charge in [-0.3, -0.25) is 0 Å². The maximum Gasteiger partial charge on any atom is 0.328 e. The van der Waals surface area contributed by atoms with E-state index in [2.05, 4.69) is 39.0 Å². The predicted molar refractivity (Wildman–Crippen MR) is 83.0 cm³/mol. The highest BCUT2D eigenvalue weighted by Gasteiger charge is 2.16. The normalized spacial score (nSPS) is 12.4. The van der Waals surface area contributed by atoms with Crippen LogP contribution in [0.2, 0.25) is 0 Å². The molecule has 1 N–H and O–H groups in total. The van der Waals surface area contributed by atoms with E-state index in [1.807, 2.05) is 18.5 Å². The summed E-state index contributed by atoms with van der Waals surface area (Å²) in [6, 6.07) is 6.47. The van der Waals surface area contributed by atoms with Crippen LogP contribution in [0.3, 0.4) is 0 Å². The zero-order valence-electron chi connectivity index (χ0n) is 12.7. The third-order valence-electron chi connectivity index (χ3n) is 3.76. The number of hydrogen-bond donors (Lipinski definition) is 1. The molecule has 0 aliphatic carbocycles. The maximum atomic E-state index is 10.7. The van der Waals surface area contributed by atoms with E-state index in [9.17, 15) is 4.79 Å². The molecule has 0 bridgehead atoms. The fourth-order valence-electron chi connectivity index (χ4n) is 2.50. The molecule has 1 aromatic carbocycles. The maximum absolute atomic E-state index is 10.7. The molecule has 20 heavy (non-hydrogen) atoms. The van der Waals surface area contributed by atoms with E-state index in [-0.39, 0.29) is 5.41 Å². The van der Waals surface area contributed by atoms with E-state index < -0.39 is 5.97 Å². The zero-order chi connectivity index (χ0) is 15.1. The number of fused-ring (bicyclic) bond motifs is 1. The number of aromatic nitrogens is 1. The smallest absolute Gasteiger partial charge is 0.328 e. The number of carboxylic acids is 1. The highest BCUT2D eigenvalue weighted by molar-refractivity contribution is 5.91. The van der Waals surface area contributed by atoms with E-state index in [0.717, 1.165) is 16.8 Å². The van der Waals surface area contributed by atoms with Crippen molar-refractivity contribution in [1.29, 1.82) is 0 Å². The van der Waals surface area contributed by atoms with Crippen molar-refractivity contribution in [2.75, 3.05) is 0 Å². The molecule has 106 valence electrons. The van der Waals surface area contributed by atoms with Gasteiger partial charge < -0.3 is 9.67 Å². The van der Waals surface area contributed by atoms with Crippen LogP contribution in [0.15, 0.2) is 24.3 Å². The van der Waals surface area contributed by atoms with E-state index in [4.69, 9.17) is 5.11 Å². The second-order valence-corrected chi connectivity index (χ2v) is 6.22. The Morgan fingerprint density at radius 2 is 1.95 bits per heavy atom. The van der Waals surface area contributed by atoms with Gasteiger partial charge in [-0.15, -0.1) is 0 Å². The Labute approximate surface area is 119 Å². The minimum Gasteiger partial charge on any atom is -0.478 e. The average Bonchev–Trinajstić information content (AvgIpc) is 2.58. The fraction of sp³-hybridized carbons (Fsp3) is 0.353. The van der Waals surface area contributed by atoms with Crippen molar-refractivity contribution in [3.8, 4) is 0 Å². The van der Waals surface area contributed by atoms with Crippen LogP contribution in [0.4, 0.5) is 0 Å². The highest BCUT2D eigenvalue weighted by atomic mass is 16.4. The van der Waals surface area contributed by atoms with Gasteiger partial charge in [0, 0.05) is 29.7 Å². The molecule has 1 heterocycles. The molecule has 1 aromatic heterocycles. The molecule has 0 aliphatic rings. The van der Waals surface area contributed by atoms with Crippen LogP contribution in [0.1, 0.15) is 37.6 Å². The van der Waals surface area contributed by atoms with Gasteiger partial charge in [-0.2, -0.15) is 0 Å². The minimum absolute atomic E-state index is 0.105. The van der Waals surface area contributed by atoms with Gasteiger partial charge in [0.2, 0.25) is 0 Å². The third-order valence-corrected chi connectivity index (χ3v) is 3.76. The SMILES string of the molecule is Cc1c(/C=C/C(=O)O)n(C)c2ccc(C(C)(C)C)cc12. The van der Waals surface area contributed by atoms with Gasteiger partial charge >= 0.3 is 5.97 Å². The van der Waals surface area contributed by atoms with Gasteiger partial charge in [-0.25, -0.2) is 4.79 Å². The Bertz CT molecular complexity index is 700. The summed E-state index contributed by atoms with van der Waals surface area (Å²) in [4.78, 5) is 10.7. The topological polar surface area (TPSA) is 42.2 Å². The first-order valence-electron chi connectivity index (χ1n) is 6.72. The average molecular weight is 271 g/mol. The molecule has 2 aromatic rings. The molecular weight excluding hydrogens is 250 g/mol. The van der Waals surface area contributed by atoms with Crippen molar-refractivity contribution in [2.24, 2.45) is 7.05 Å². The number of carbonyl (C=O) groups is 1. The lowest BCUT2D eigenvalue weighted by Gasteiger charge is -2.19. The summed E-state index contributed by atoms with van der Waals surface area (Å²) in [6.07, 6.45) is 2.85. The number of benzene rings is 1. The minimum atomic E-state index is -0.926. The number of carboxylic acid groups (broad SMARTS) is 1. The van der Waals surface area contributed by atoms with Crippen LogP contribution in [0.25, 0.3) is 17.0 Å². The number of aryl methyl sites for hydroxylation is 2. The molecule has 0 spiro atoms. The van der Waals surface area contributed by atoms with Crippen LogP contribution in [-0.4, -0.2) is 15.6 Å². The Kier molecular flexibility index (Phi) is 3.46. The molecule has 3 nitrogen and oxygen atoms in total. The largest absolute Gasteiger partial charge is 0.478 e. The highest BCUT2D eigenvalue weighted by Crippen LogP contribution is 2.31. The Morgan fingerprint density at radius 1 is 1.30 bits per heavy atom. The quantitative estimate of drug-likeness (QED) is 0.842. The van der Waals surface area contributed by atoms with Gasteiger partial charge in [0.25, 0.3) is 0 Å². The van der Waals surface area contributed by atoms with Crippen LogP contribution in [0, 0.1) is 6.92 Å². The Morgan fingerprint density at radius 3 is 2.50 bits per heavy atom.